The third-order valence-corrected chi connectivity index (χ3v) is 5.88. The minimum Gasteiger partial charge on any atom is -0.384 e. The summed E-state index contributed by atoms with van der Waals surface area (Å²) in [4.78, 5) is 41.3. The standard InChI is InChI=1S/C24H26FN5O6/c25-16-11-15(23(33)29-5-8-35-9-6-29)12-18(13-16)30-7-10-36-20(24(30)34)19(31)22(32)28-17-3-1-14(2-4-17)21(26)27/h1-4,11-13,19-20,31H,5-10H2,(H3,26,27)(H,28,32). The summed E-state index contributed by atoms with van der Waals surface area (Å²) in [6, 6.07) is 9.66. The number of amides is 3. The number of aliphatic hydroxyl groups excluding tert-OH is 1. The quantitative estimate of drug-likeness (QED) is 0.329. The molecule has 0 spiro atoms. The number of hydrogen-bond acceptors (Lipinski definition) is 7. The number of carbonyl (C=O) groups excluding carboxylic acids is 3. The second kappa shape index (κ2) is 10.8. The first-order valence-corrected chi connectivity index (χ1v) is 11.3. The number of ether oxygens (including phenoxy) is 2. The molecule has 11 nitrogen and oxygen atoms in total. The van der Waals surface area contributed by atoms with Gasteiger partial charge in [0.15, 0.2) is 12.2 Å². The van der Waals surface area contributed by atoms with Gasteiger partial charge in [-0.05, 0) is 42.5 Å². The van der Waals surface area contributed by atoms with Crippen molar-refractivity contribution in [1.29, 1.82) is 5.41 Å². The highest BCUT2D eigenvalue weighted by molar-refractivity contribution is 6.05. The van der Waals surface area contributed by atoms with E-state index in [0.29, 0.717) is 37.6 Å². The maximum Gasteiger partial charge on any atom is 0.259 e. The van der Waals surface area contributed by atoms with Gasteiger partial charge in [-0.3, -0.25) is 19.8 Å². The maximum absolute atomic E-state index is 14.4. The molecule has 2 aliphatic rings. The Hall–Kier alpha value is -3.87. The van der Waals surface area contributed by atoms with Crippen LogP contribution in [0.3, 0.4) is 0 Å². The van der Waals surface area contributed by atoms with Crippen LogP contribution < -0.4 is 16.0 Å². The summed E-state index contributed by atoms with van der Waals surface area (Å²) in [5, 5.41) is 20.4. The molecule has 0 bridgehead atoms. The summed E-state index contributed by atoms with van der Waals surface area (Å²) in [6.45, 7) is 1.56. The molecule has 2 heterocycles. The average molecular weight is 499 g/mol. The minimum atomic E-state index is -1.85. The summed E-state index contributed by atoms with van der Waals surface area (Å²) in [5.41, 5.74) is 6.38. The largest absolute Gasteiger partial charge is 0.384 e. The number of morpholine rings is 2. The van der Waals surface area contributed by atoms with Crippen LogP contribution in [0.5, 0.6) is 0 Å². The van der Waals surface area contributed by atoms with Crippen molar-refractivity contribution in [3.8, 4) is 0 Å². The molecule has 3 amide bonds. The lowest BCUT2D eigenvalue weighted by atomic mass is 10.1. The number of nitrogens with zero attached hydrogens (tertiary/aromatic N) is 2. The first-order valence-electron chi connectivity index (χ1n) is 11.3. The second-order valence-corrected chi connectivity index (χ2v) is 8.31. The van der Waals surface area contributed by atoms with Crippen molar-refractivity contribution < 1.29 is 33.4 Å². The molecule has 190 valence electrons. The SMILES string of the molecule is N=C(N)c1ccc(NC(=O)C(O)C2OCCN(c3cc(F)cc(C(=O)N4CCOCC4)c3)C2=O)cc1. The van der Waals surface area contributed by atoms with Crippen molar-refractivity contribution in [2.45, 2.75) is 12.2 Å². The number of benzene rings is 2. The Kier molecular flexibility index (Phi) is 7.58. The highest BCUT2D eigenvalue weighted by Crippen LogP contribution is 2.24. The zero-order valence-corrected chi connectivity index (χ0v) is 19.3. The van der Waals surface area contributed by atoms with Crippen LogP contribution in [0.25, 0.3) is 0 Å². The average Bonchev–Trinajstić information content (AvgIpc) is 2.88. The molecule has 2 aromatic rings. The van der Waals surface area contributed by atoms with Gasteiger partial charge >= 0.3 is 0 Å². The molecule has 2 fully saturated rings. The molecule has 2 unspecified atom stereocenters. The van der Waals surface area contributed by atoms with Gasteiger partial charge < -0.3 is 35.4 Å². The van der Waals surface area contributed by atoms with Crippen molar-refractivity contribution in [3.63, 3.8) is 0 Å². The maximum atomic E-state index is 14.4. The number of carbonyl (C=O) groups is 3. The Balaban J connectivity index is 1.48. The smallest absolute Gasteiger partial charge is 0.259 e. The van der Waals surface area contributed by atoms with Gasteiger partial charge in [-0.15, -0.1) is 0 Å². The summed E-state index contributed by atoms with van der Waals surface area (Å²) < 4.78 is 25.1. The third-order valence-electron chi connectivity index (χ3n) is 5.88. The number of nitrogens with two attached hydrogens (primary N) is 1. The zero-order chi connectivity index (χ0) is 25.8. The number of halogens is 1. The Bertz CT molecular complexity index is 1170. The lowest BCUT2D eigenvalue weighted by Gasteiger charge is -2.34. The summed E-state index contributed by atoms with van der Waals surface area (Å²) in [7, 11) is 0. The van der Waals surface area contributed by atoms with E-state index in [4.69, 9.17) is 20.6 Å². The van der Waals surface area contributed by atoms with Gasteiger partial charge in [-0.25, -0.2) is 4.39 Å². The number of nitrogens with one attached hydrogen (secondary N) is 2. The van der Waals surface area contributed by atoms with Crippen LogP contribution in [0.2, 0.25) is 0 Å². The van der Waals surface area contributed by atoms with E-state index in [2.05, 4.69) is 5.32 Å². The molecule has 0 saturated carbocycles. The molecule has 2 saturated heterocycles. The van der Waals surface area contributed by atoms with Crippen molar-refractivity contribution in [1.82, 2.24) is 4.90 Å². The number of amidine groups is 1. The summed E-state index contributed by atoms with van der Waals surface area (Å²) in [5.74, 6) is -2.85. The van der Waals surface area contributed by atoms with Gasteiger partial charge in [0.25, 0.3) is 17.7 Å². The number of nitrogen functional groups attached to an aromatic ring is 1. The lowest BCUT2D eigenvalue weighted by molar-refractivity contribution is -0.150. The molecular weight excluding hydrogens is 473 g/mol. The number of aliphatic hydroxyl groups is 1. The molecular formula is C24H26FN5O6. The van der Waals surface area contributed by atoms with Gasteiger partial charge in [0.1, 0.15) is 11.7 Å². The minimum absolute atomic E-state index is 0.0166. The van der Waals surface area contributed by atoms with E-state index in [-0.39, 0.29) is 36.1 Å². The zero-order valence-electron chi connectivity index (χ0n) is 19.3. The molecule has 2 aromatic carbocycles. The van der Waals surface area contributed by atoms with Crippen molar-refractivity contribution in [2.24, 2.45) is 5.73 Å². The van der Waals surface area contributed by atoms with E-state index >= 15 is 0 Å². The molecule has 5 N–H and O–H groups in total. The highest BCUT2D eigenvalue weighted by Gasteiger charge is 2.39. The van der Waals surface area contributed by atoms with Gasteiger partial charge in [-0.2, -0.15) is 0 Å². The molecule has 36 heavy (non-hydrogen) atoms. The number of rotatable bonds is 6. The molecule has 2 aliphatic heterocycles. The monoisotopic (exact) mass is 499 g/mol. The predicted octanol–water partition coefficient (Wildman–Crippen LogP) is 0.314. The first kappa shape index (κ1) is 25.2. The molecule has 2 atom stereocenters. The summed E-state index contributed by atoms with van der Waals surface area (Å²) >= 11 is 0. The van der Waals surface area contributed by atoms with Crippen LogP contribution in [0, 0.1) is 11.2 Å². The Morgan fingerprint density at radius 1 is 1.08 bits per heavy atom. The van der Waals surface area contributed by atoms with Crippen LogP contribution in [0.15, 0.2) is 42.5 Å². The second-order valence-electron chi connectivity index (χ2n) is 8.31. The normalized spacial score (nSPS) is 19.1. The molecule has 0 radical (unpaired) electrons. The van der Waals surface area contributed by atoms with Crippen molar-refractivity contribution >= 4 is 34.9 Å². The van der Waals surface area contributed by atoms with Crippen LogP contribution in [-0.2, 0) is 19.1 Å². The van der Waals surface area contributed by atoms with E-state index < -0.39 is 29.8 Å². The predicted molar refractivity (Wildman–Crippen MR) is 127 cm³/mol. The van der Waals surface area contributed by atoms with Crippen molar-refractivity contribution in [2.75, 3.05) is 49.7 Å². The molecule has 12 heteroatoms. The fourth-order valence-electron chi connectivity index (χ4n) is 3.98. The van der Waals surface area contributed by atoms with Gasteiger partial charge in [0.05, 0.1) is 19.8 Å². The van der Waals surface area contributed by atoms with Gasteiger partial charge in [-0.1, -0.05) is 0 Å². The van der Waals surface area contributed by atoms with Crippen molar-refractivity contribution in [3.05, 3.63) is 59.4 Å². The van der Waals surface area contributed by atoms with Crippen LogP contribution in [0.1, 0.15) is 15.9 Å². The van der Waals surface area contributed by atoms with Crippen LogP contribution in [0.4, 0.5) is 15.8 Å². The Labute approximate surface area is 206 Å². The third kappa shape index (κ3) is 5.51. The molecule has 0 aromatic heterocycles. The van der Waals surface area contributed by atoms with E-state index in [0.717, 1.165) is 12.1 Å². The first-order chi connectivity index (χ1) is 17.2. The molecule has 0 aliphatic carbocycles. The Morgan fingerprint density at radius 2 is 1.78 bits per heavy atom. The number of hydrogen-bond donors (Lipinski definition) is 4. The molecule has 4 rings (SSSR count). The van der Waals surface area contributed by atoms with Gasteiger partial charge in [0, 0.05) is 42.1 Å². The van der Waals surface area contributed by atoms with E-state index in [1.807, 2.05) is 0 Å². The lowest BCUT2D eigenvalue weighted by Crippen LogP contribution is -2.55. The van der Waals surface area contributed by atoms with Gasteiger partial charge in [0.2, 0.25) is 0 Å². The fraction of sp³-hybridized carbons (Fsp3) is 0.333. The fourth-order valence-corrected chi connectivity index (χ4v) is 3.98. The van der Waals surface area contributed by atoms with Crippen LogP contribution >= 0.6 is 0 Å². The highest BCUT2D eigenvalue weighted by atomic mass is 19.1. The topological polar surface area (TPSA) is 158 Å². The summed E-state index contributed by atoms with van der Waals surface area (Å²) in [6.07, 6.45) is -3.38. The van der Waals surface area contributed by atoms with Crippen LogP contribution in [-0.4, -0.2) is 85.2 Å². The van der Waals surface area contributed by atoms with E-state index in [9.17, 15) is 23.9 Å². The Morgan fingerprint density at radius 3 is 2.44 bits per heavy atom. The number of anilines is 2. The van der Waals surface area contributed by atoms with E-state index in [1.165, 1.54) is 35.2 Å². The van der Waals surface area contributed by atoms with E-state index in [1.54, 1.807) is 4.90 Å².